The van der Waals surface area contributed by atoms with Gasteiger partial charge in [-0.05, 0) is 24.3 Å². The van der Waals surface area contributed by atoms with Gasteiger partial charge in [0.05, 0.1) is 0 Å². The van der Waals surface area contributed by atoms with E-state index < -0.39 is 0 Å². The highest BCUT2D eigenvalue weighted by Crippen LogP contribution is 2.30. The minimum absolute atomic E-state index is 0.563. The molecule has 20 heavy (non-hydrogen) atoms. The highest BCUT2D eigenvalue weighted by Gasteiger charge is 2.26. The lowest BCUT2D eigenvalue weighted by molar-refractivity contribution is 0.205. The maximum atomic E-state index is 5.72. The van der Waals surface area contributed by atoms with E-state index in [4.69, 9.17) is 4.74 Å². The Bertz CT molecular complexity index is 429. The number of para-hydroxylation sites is 1. The Balaban J connectivity index is 1.94. The van der Waals surface area contributed by atoms with E-state index in [1.54, 1.807) is 6.08 Å². The number of nitrogens with one attached hydrogen (secondary N) is 1. The molecule has 0 amide bonds. The molecule has 3 atom stereocenters. The molecule has 1 N–H and O–H groups in total. The monoisotopic (exact) mass is 273 g/mol. The zero-order valence-corrected chi connectivity index (χ0v) is 12.8. The average Bonchev–Trinajstić information content (AvgIpc) is 2.47. The van der Waals surface area contributed by atoms with E-state index in [-0.39, 0.29) is 0 Å². The van der Waals surface area contributed by atoms with Crippen LogP contribution >= 0.6 is 0 Å². The first-order chi connectivity index (χ1) is 9.72. The molecule has 1 aliphatic carbocycles. The van der Waals surface area contributed by atoms with E-state index in [9.17, 15) is 0 Å². The molecule has 1 aromatic carbocycles. The second-order valence-corrected chi connectivity index (χ2v) is 5.96. The molecule has 0 unspecified atom stereocenters. The Morgan fingerprint density at radius 2 is 2.10 bits per heavy atom. The van der Waals surface area contributed by atoms with E-state index >= 15 is 0 Å². The van der Waals surface area contributed by atoms with Crippen LogP contribution in [0, 0.1) is 11.8 Å². The van der Waals surface area contributed by atoms with Crippen LogP contribution in [0.2, 0.25) is 0 Å². The van der Waals surface area contributed by atoms with Gasteiger partial charge >= 0.3 is 0 Å². The van der Waals surface area contributed by atoms with Gasteiger partial charge < -0.3 is 10.1 Å². The molecule has 2 heteroatoms. The van der Waals surface area contributed by atoms with Gasteiger partial charge in [0, 0.05) is 18.2 Å². The summed E-state index contributed by atoms with van der Waals surface area (Å²) in [6.45, 7) is 9.90. The molecular formula is C18H27NO. The molecule has 1 aromatic rings. The van der Waals surface area contributed by atoms with Crippen molar-refractivity contribution in [2.75, 3.05) is 6.61 Å². The molecule has 0 heterocycles. The van der Waals surface area contributed by atoms with E-state index in [1.807, 2.05) is 12.1 Å². The van der Waals surface area contributed by atoms with Crippen molar-refractivity contribution in [3.8, 4) is 5.75 Å². The number of hydrogen-bond donors (Lipinski definition) is 1. The quantitative estimate of drug-likeness (QED) is 0.786. The van der Waals surface area contributed by atoms with E-state index in [2.05, 4.69) is 37.9 Å². The van der Waals surface area contributed by atoms with Crippen LogP contribution in [0.5, 0.6) is 5.75 Å². The van der Waals surface area contributed by atoms with Gasteiger partial charge in [-0.2, -0.15) is 0 Å². The second kappa shape index (κ2) is 7.49. The molecule has 0 radical (unpaired) electrons. The van der Waals surface area contributed by atoms with Gasteiger partial charge in [-0.1, -0.05) is 57.5 Å². The SMILES string of the molecule is C=CCOc1ccccc1CN[C@H]1CCC[C@@H](C)[C@H]1C. The molecule has 110 valence electrons. The fourth-order valence-corrected chi connectivity index (χ4v) is 3.05. The molecule has 0 bridgehead atoms. The number of rotatable bonds is 6. The van der Waals surface area contributed by atoms with Gasteiger partial charge in [-0.25, -0.2) is 0 Å². The van der Waals surface area contributed by atoms with Gasteiger partial charge in [0.15, 0.2) is 0 Å². The Hall–Kier alpha value is -1.28. The van der Waals surface area contributed by atoms with Crippen molar-refractivity contribution in [3.63, 3.8) is 0 Å². The van der Waals surface area contributed by atoms with E-state index in [1.165, 1.54) is 24.8 Å². The van der Waals surface area contributed by atoms with E-state index in [0.29, 0.717) is 12.6 Å². The summed E-state index contributed by atoms with van der Waals surface area (Å²) in [5.41, 5.74) is 1.24. The van der Waals surface area contributed by atoms with Crippen molar-refractivity contribution in [3.05, 3.63) is 42.5 Å². The summed E-state index contributed by atoms with van der Waals surface area (Å²) < 4.78 is 5.72. The number of benzene rings is 1. The summed E-state index contributed by atoms with van der Waals surface area (Å²) in [4.78, 5) is 0. The molecule has 0 aliphatic heterocycles. The van der Waals surface area contributed by atoms with Crippen LogP contribution in [-0.2, 0) is 6.54 Å². The van der Waals surface area contributed by atoms with Crippen LogP contribution < -0.4 is 10.1 Å². The molecule has 2 nitrogen and oxygen atoms in total. The maximum absolute atomic E-state index is 5.72. The standard InChI is InChI=1S/C18H27NO/c1-4-12-20-18-11-6-5-9-16(18)13-19-17-10-7-8-14(2)15(17)3/h4-6,9,11,14-15,17,19H,1,7-8,10,12-13H2,2-3H3/t14-,15-,17+/m1/s1. The molecule has 1 saturated carbocycles. The van der Waals surface area contributed by atoms with Crippen molar-refractivity contribution in [1.29, 1.82) is 0 Å². The van der Waals surface area contributed by atoms with Gasteiger partial charge in [-0.3, -0.25) is 0 Å². The summed E-state index contributed by atoms with van der Waals surface area (Å²) in [6, 6.07) is 8.90. The van der Waals surface area contributed by atoms with Crippen LogP contribution in [0.3, 0.4) is 0 Å². The minimum Gasteiger partial charge on any atom is -0.489 e. The zero-order chi connectivity index (χ0) is 14.4. The van der Waals surface area contributed by atoms with Crippen molar-refractivity contribution >= 4 is 0 Å². The minimum atomic E-state index is 0.563. The Labute approximate surface area is 123 Å². The van der Waals surface area contributed by atoms with Gasteiger partial charge in [0.2, 0.25) is 0 Å². The maximum Gasteiger partial charge on any atom is 0.124 e. The largest absolute Gasteiger partial charge is 0.489 e. The third kappa shape index (κ3) is 3.86. The second-order valence-electron chi connectivity index (χ2n) is 5.96. The normalized spacial score (nSPS) is 26.2. The van der Waals surface area contributed by atoms with Crippen molar-refractivity contribution in [2.24, 2.45) is 11.8 Å². The molecule has 2 rings (SSSR count). The van der Waals surface area contributed by atoms with Crippen LogP contribution in [-0.4, -0.2) is 12.6 Å². The van der Waals surface area contributed by atoms with E-state index in [0.717, 1.165) is 24.1 Å². The highest BCUT2D eigenvalue weighted by atomic mass is 16.5. The van der Waals surface area contributed by atoms with Crippen molar-refractivity contribution < 1.29 is 4.74 Å². The molecule has 1 aliphatic rings. The fraction of sp³-hybridized carbons (Fsp3) is 0.556. The summed E-state index contributed by atoms with van der Waals surface area (Å²) in [5.74, 6) is 2.55. The zero-order valence-electron chi connectivity index (χ0n) is 12.8. The van der Waals surface area contributed by atoms with Gasteiger partial charge in [0.1, 0.15) is 12.4 Å². The Morgan fingerprint density at radius 3 is 2.90 bits per heavy atom. The summed E-state index contributed by atoms with van der Waals surface area (Å²) in [6.07, 6.45) is 5.80. The third-order valence-corrected chi connectivity index (χ3v) is 4.59. The van der Waals surface area contributed by atoms with Gasteiger partial charge in [-0.15, -0.1) is 0 Å². The number of hydrogen-bond acceptors (Lipinski definition) is 2. The highest BCUT2D eigenvalue weighted by molar-refractivity contribution is 5.33. The number of ether oxygens (including phenoxy) is 1. The lowest BCUT2D eigenvalue weighted by Gasteiger charge is -2.35. The first-order valence-corrected chi connectivity index (χ1v) is 7.77. The van der Waals surface area contributed by atoms with Crippen molar-refractivity contribution in [1.82, 2.24) is 5.32 Å². The van der Waals surface area contributed by atoms with Gasteiger partial charge in [0.25, 0.3) is 0 Å². The Morgan fingerprint density at radius 1 is 1.30 bits per heavy atom. The fourth-order valence-electron chi connectivity index (χ4n) is 3.05. The van der Waals surface area contributed by atoms with Crippen LogP contribution in [0.4, 0.5) is 0 Å². The van der Waals surface area contributed by atoms with Crippen LogP contribution in [0.1, 0.15) is 38.7 Å². The molecular weight excluding hydrogens is 246 g/mol. The molecule has 0 spiro atoms. The summed E-state index contributed by atoms with van der Waals surface area (Å²) in [7, 11) is 0. The molecule has 0 saturated heterocycles. The topological polar surface area (TPSA) is 21.3 Å². The summed E-state index contributed by atoms with van der Waals surface area (Å²) in [5, 5.41) is 3.73. The Kier molecular flexibility index (Phi) is 5.66. The first kappa shape index (κ1) is 15.1. The first-order valence-electron chi connectivity index (χ1n) is 7.77. The van der Waals surface area contributed by atoms with Crippen molar-refractivity contribution in [2.45, 2.75) is 45.7 Å². The predicted molar refractivity (Wildman–Crippen MR) is 84.9 cm³/mol. The van der Waals surface area contributed by atoms with Crippen LogP contribution in [0.15, 0.2) is 36.9 Å². The third-order valence-electron chi connectivity index (χ3n) is 4.59. The predicted octanol–water partition coefficient (Wildman–Crippen LogP) is 4.17. The van der Waals surface area contributed by atoms with Crippen LogP contribution in [0.25, 0.3) is 0 Å². The lowest BCUT2D eigenvalue weighted by atomic mass is 9.78. The average molecular weight is 273 g/mol. The smallest absolute Gasteiger partial charge is 0.124 e. The molecule has 1 fully saturated rings. The molecule has 0 aromatic heterocycles. The summed E-state index contributed by atoms with van der Waals surface area (Å²) >= 11 is 0. The lowest BCUT2D eigenvalue weighted by Crippen LogP contribution is -2.40.